The second-order valence-corrected chi connectivity index (χ2v) is 6.53. The van der Waals surface area contributed by atoms with Gasteiger partial charge in [-0.05, 0) is 19.3 Å². The van der Waals surface area contributed by atoms with Crippen LogP contribution in [0.4, 0.5) is 0 Å². The number of ether oxygens (including phenoxy) is 1. The van der Waals surface area contributed by atoms with Gasteiger partial charge in [0, 0.05) is 6.42 Å². The van der Waals surface area contributed by atoms with Crippen molar-refractivity contribution in [2.75, 3.05) is 13.2 Å². The van der Waals surface area contributed by atoms with Gasteiger partial charge in [0.05, 0.1) is 6.61 Å². The first-order valence-electron chi connectivity index (χ1n) is 10.2. The highest BCUT2D eigenvalue weighted by molar-refractivity contribution is 5.69. The molecular formula is C21H42O4. The lowest BCUT2D eigenvalue weighted by atomic mass is 10.1. The van der Waals surface area contributed by atoms with Crippen LogP contribution in [-0.4, -0.2) is 35.5 Å². The first kappa shape index (κ1) is 26.4. The van der Waals surface area contributed by atoms with E-state index in [1.165, 1.54) is 57.8 Å². The lowest BCUT2D eigenvalue weighted by Crippen LogP contribution is -2.21. The summed E-state index contributed by atoms with van der Waals surface area (Å²) in [6.45, 7) is 7.61. The van der Waals surface area contributed by atoms with Gasteiger partial charge < -0.3 is 14.9 Å². The second kappa shape index (κ2) is 23.1. The van der Waals surface area contributed by atoms with E-state index in [9.17, 15) is 4.79 Å². The van der Waals surface area contributed by atoms with Crippen molar-refractivity contribution in [1.82, 2.24) is 0 Å². The maximum absolute atomic E-state index is 11.1. The largest absolute Gasteiger partial charge is 0.463 e. The Morgan fingerprint density at radius 1 is 0.960 bits per heavy atom. The summed E-state index contributed by atoms with van der Waals surface area (Å²) < 4.78 is 4.75. The van der Waals surface area contributed by atoms with E-state index in [1.54, 1.807) is 0 Å². The Bertz CT molecular complexity index is 279. The summed E-state index contributed by atoms with van der Waals surface area (Å²) in [5, 5.41) is 17.4. The Morgan fingerprint density at radius 2 is 1.48 bits per heavy atom. The predicted octanol–water partition coefficient (Wildman–Crippen LogP) is 5.17. The summed E-state index contributed by atoms with van der Waals surface area (Å²) in [7, 11) is 0. The maximum atomic E-state index is 11.1. The van der Waals surface area contributed by atoms with Crippen molar-refractivity contribution in [2.24, 2.45) is 0 Å². The van der Waals surface area contributed by atoms with Crippen LogP contribution in [0.15, 0.2) is 12.7 Å². The van der Waals surface area contributed by atoms with Crippen molar-refractivity contribution in [3.05, 3.63) is 12.7 Å². The zero-order valence-electron chi connectivity index (χ0n) is 16.7. The van der Waals surface area contributed by atoms with Crippen LogP contribution < -0.4 is 0 Å². The molecule has 4 heteroatoms. The molecule has 25 heavy (non-hydrogen) atoms. The van der Waals surface area contributed by atoms with E-state index in [2.05, 4.69) is 20.4 Å². The molecule has 1 atom stereocenters. The van der Waals surface area contributed by atoms with Gasteiger partial charge in [0.2, 0.25) is 0 Å². The fraction of sp³-hybridized carbons (Fsp3) is 0.857. The Kier molecular flexibility index (Phi) is 24.4. The van der Waals surface area contributed by atoms with Crippen molar-refractivity contribution in [3.63, 3.8) is 0 Å². The molecule has 0 aliphatic carbocycles. The van der Waals surface area contributed by atoms with Crippen LogP contribution in [0.2, 0.25) is 0 Å². The molecule has 0 aliphatic heterocycles. The van der Waals surface area contributed by atoms with E-state index in [-0.39, 0.29) is 19.2 Å². The van der Waals surface area contributed by atoms with Crippen LogP contribution in [0, 0.1) is 0 Å². The van der Waals surface area contributed by atoms with E-state index in [0.717, 1.165) is 19.3 Å². The summed E-state index contributed by atoms with van der Waals surface area (Å²) in [6.07, 6.45) is 16.4. The third-order valence-corrected chi connectivity index (χ3v) is 3.89. The minimum absolute atomic E-state index is 0.107. The third-order valence-electron chi connectivity index (χ3n) is 3.89. The van der Waals surface area contributed by atoms with Crippen molar-refractivity contribution in [2.45, 2.75) is 103 Å². The van der Waals surface area contributed by atoms with E-state index < -0.39 is 6.10 Å². The van der Waals surface area contributed by atoms with Gasteiger partial charge in [-0.15, -0.1) is 6.58 Å². The molecule has 0 saturated heterocycles. The molecule has 0 saturated carbocycles. The van der Waals surface area contributed by atoms with Gasteiger partial charge >= 0.3 is 5.97 Å². The zero-order valence-corrected chi connectivity index (χ0v) is 16.7. The number of rotatable bonds is 16. The molecule has 0 unspecified atom stereocenters. The third kappa shape index (κ3) is 25.5. The summed E-state index contributed by atoms with van der Waals surface area (Å²) in [6, 6.07) is 0. The van der Waals surface area contributed by atoms with Gasteiger partial charge in [-0.25, -0.2) is 0 Å². The van der Waals surface area contributed by atoms with Crippen LogP contribution >= 0.6 is 0 Å². The molecule has 0 aromatic carbocycles. The standard InChI is InChI=1S/C11H22O4.C10H20/c1-2-3-4-5-6-7-11(14)15-9-10(13)8-12;1-3-5-7-9-10-8-6-4-2/h10,12-13H,2-9H2,1H3;3H,1,4-10H2,2H3/t10-;/m1./s1. The molecule has 0 rings (SSSR count). The molecule has 0 spiro atoms. The number of unbranched alkanes of at least 4 members (excludes halogenated alkanes) is 10. The van der Waals surface area contributed by atoms with Crippen LogP contribution in [0.25, 0.3) is 0 Å². The first-order valence-corrected chi connectivity index (χ1v) is 10.2. The van der Waals surface area contributed by atoms with Gasteiger partial charge in [-0.2, -0.15) is 0 Å². The topological polar surface area (TPSA) is 66.8 Å². The summed E-state index contributed by atoms with van der Waals surface area (Å²) in [4.78, 5) is 11.1. The Morgan fingerprint density at radius 3 is 2.00 bits per heavy atom. The number of carbonyl (C=O) groups is 1. The van der Waals surface area contributed by atoms with Gasteiger partial charge in [-0.1, -0.05) is 77.7 Å². The normalized spacial score (nSPS) is 11.4. The molecular weight excluding hydrogens is 316 g/mol. The van der Waals surface area contributed by atoms with Gasteiger partial charge in [0.25, 0.3) is 0 Å². The fourth-order valence-electron chi connectivity index (χ4n) is 2.26. The molecule has 4 nitrogen and oxygen atoms in total. The van der Waals surface area contributed by atoms with E-state index >= 15 is 0 Å². The highest BCUT2D eigenvalue weighted by Crippen LogP contribution is 2.07. The van der Waals surface area contributed by atoms with Crippen LogP contribution in [0.5, 0.6) is 0 Å². The molecule has 0 fully saturated rings. The second-order valence-electron chi connectivity index (χ2n) is 6.53. The van der Waals surface area contributed by atoms with E-state index in [0.29, 0.717) is 6.42 Å². The lowest BCUT2D eigenvalue weighted by Gasteiger charge is -2.08. The molecule has 0 aliphatic rings. The van der Waals surface area contributed by atoms with Crippen molar-refractivity contribution in [1.29, 1.82) is 0 Å². The minimum atomic E-state index is -0.950. The number of hydrogen-bond acceptors (Lipinski definition) is 4. The Hall–Kier alpha value is -0.870. The smallest absolute Gasteiger partial charge is 0.305 e. The molecule has 0 aromatic rings. The van der Waals surface area contributed by atoms with Gasteiger partial charge in [-0.3, -0.25) is 4.79 Å². The lowest BCUT2D eigenvalue weighted by molar-refractivity contribution is -0.147. The Balaban J connectivity index is 0. The van der Waals surface area contributed by atoms with Crippen LogP contribution in [0.1, 0.15) is 97.3 Å². The van der Waals surface area contributed by atoms with E-state index in [1.807, 2.05) is 6.08 Å². The number of esters is 1. The first-order chi connectivity index (χ1) is 12.1. The molecule has 0 heterocycles. The quantitative estimate of drug-likeness (QED) is 0.227. The zero-order chi connectivity index (χ0) is 19.2. The van der Waals surface area contributed by atoms with Crippen molar-refractivity contribution >= 4 is 5.97 Å². The highest BCUT2D eigenvalue weighted by Gasteiger charge is 2.07. The predicted molar refractivity (Wildman–Crippen MR) is 106 cm³/mol. The fourth-order valence-corrected chi connectivity index (χ4v) is 2.26. The molecule has 0 amide bonds. The minimum Gasteiger partial charge on any atom is -0.463 e. The summed E-state index contributed by atoms with van der Waals surface area (Å²) >= 11 is 0. The molecule has 0 aromatic heterocycles. The molecule has 0 radical (unpaired) electrons. The molecule has 0 bridgehead atoms. The van der Waals surface area contributed by atoms with Crippen LogP contribution in [-0.2, 0) is 9.53 Å². The number of hydrogen-bond donors (Lipinski definition) is 2. The molecule has 150 valence electrons. The number of allylic oxidation sites excluding steroid dienone is 1. The average Bonchev–Trinajstić information content (AvgIpc) is 2.63. The molecule has 2 N–H and O–H groups in total. The summed E-state index contributed by atoms with van der Waals surface area (Å²) in [5.74, 6) is -0.293. The maximum Gasteiger partial charge on any atom is 0.305 e. The monoisotopic (exact) mass is 358 g/mol. The van der Waals surface area contributed by atoms with E-state index in [4.69, 9.17) is 14.9 Å². The Labute approximate surface area is 155 Å². The highest BCUT2D eigenvalue weighted by atomic mass is 16.5. The van der Waals surface area contributed by atoms with Gasteiger partial charge in [0.1, 0.15) is 12.7 Å². The number of carbonyl (C=O) groups excluding carboxylic acids is 1. The van der Waals surface area contributed by atoms with Crippen molar-refractivity contribution in [3.8, 4) is 0 Å². The average molecular weight is 359 g/mol. The number of aliphatic hydroxyl groups excluding tert-OH is 2. The van der Waals surface area contributed by atoms with Gasteiger partial charge in [0.15, 0.2) is 0 Å². The summed E-state index contributed by atoms with van der Waals surface area (Å²) in [5.41, 5.74) is 0. The number of aliphatic hydroxyl groups is 2. The van der Waals surface area contributed by atoms with Crippen molar-refractivity contribution < 1.29 is 19.7 Å². The van der Waals surface area contributed by atoms with Crippen LogP contribution in [0.3, 0.4) is 0 Å². The SMILES string of the molecule is C=CCCCCCCCC.CCCCCCCC(=O)OC[C@H](O)CO.